The summed E-state index contributed by atoms with van der Waals surface area (Å²) in [5.41, 5.74) is 1.05. The lowest BCUT2D eigenvalue weighted by Crippen LogP contribution is -2.15. The van der Waals surface area contributed by atoms with E-state index in [1.165, 1.54) is 6.07 Å². The van der Waals surface area contributed by atoms with E-state index in [2.05, 4.69) is 27.9 Å². The average Bonchev–Trinajstić information content (AvgIpc) is 2.38. The number of nitro groups is 1. The number of nitro benzene ring substituents is 1. The Bertz CT molecular complexity index is 658. The molecule has 2 rings (SSSR count). The number of nitrogens with one attached hydrogen (secondary N) is 1. The van der Waals surface area contributed by atoms with Crippen molar-refractivity contribution in [3.05, 3.63) is 67.8 Å². The van der Waals surface area contributed by atoms with Gasteiger partial charge in [0, 0.05) is 20.9 Å². The standard InChI is InChI=1S/C14H11IN2O3/c15-11-5-3-6-12(9-11)16-14(18)8-10-4-1-2-7-13(10)17(19)20/h1-7,9H,8H2,(H,16,18). The lowest BCUT2D eigenvalue weighted by atomic mass is 10.1. The van der Waals surface area contributed by atoms with E-state index in [0.717, 1.165) is 3.57 Å². The van der Waals surface area contributed by atoms with Gasteiger partial charge < -0.3 is 5.32 Å². The first kappa shape index (κ1) is 14.4. The van der Waals surface area contributed by atoms with Gasteiger partial charge in [0.1, 0.15) is 0 Å². The van der Waals surface area contributed by atoms with Gasteiger partial charge in [-0.1, -0.05) is 24.3 Å². The molecule has 2 aromatic carbocycles. The van der Waals surface area contributed by atoms with Crippen LogP contribution in [0.25, 0.3) is 0 Å². The lowest BCUT2D eigenvalue weighted by molar-refractivity contribution is -0.385. The molecule has 0 unspecified atom stereocenters. The second kappa shape index (κ2) is 6.47. The summed E-state index contributed by atoms with van der Waals surface area (Å²) in [5, 5.41) is 13.6. The predicted octanol–water partition coefficient (Wildman–Crippen LogP) is 3.38. The molecule has 0 saturated carbocycles. The van der Waals surface area contributed by atoms with Crippen molar-refractivity contribution in [2.75, 3.05) is 5.32 Å². The van der Waals surface area contributed by atoms with E-state index in [9.17, 15) is 14.9 Å². The van der Waals surface area contributed by atoms with Gasteiger partial charge in [-0.25, -0.2) is 0 Å². The van der Waals surface area contributed by atoms with Crippen molar-refractivity contribution >= 4 is 39.9 Å². The van der Waals surface area contributed by atoms with Gasteiger partial charge in [0.2, 0.25) is 5.91 Å². The average molecular weight is 382 g/mol. The Labute approximate surface area is 129 Å². The van der Waals surface area contributed by atoms with Gasteiger partial charge in [-0.15, -0.1) is 0 Å². The van der Waals surface area contributed by atoms with Crippen LogP contribution in [0.5, 0.6) is 0 Å². The quantitative estimate of drug-likeness (QED) is 0.501. The SMILES string of the molecule is O=C(Cc1ccccc1[N+](=O)[O-])Nc1cccc(I)c1. The van der Waals surface area contributed by atoms with Gasteiger partial charge in [-0.05, 0) is 40.8 Å². The first-order valence-corrected chi connectivity index (χ1v) is 6.92. The molecule has 0 bridgehead atoms. The zero-order valence-electron chi connectivity index (χ0n) is 10.4. The van der Waals surface area contributed by atoms with Gasteiger partial charge in [-0.3, -0.25) is 14.9 Å². The molecular weight excluding hydrogens is 371 g/mol. The second-order valence-corrected chi connectivity index (χ2v) is 5.37. The van der Waals surface area contributed by atoms with E-state index in [-0.39, 0.29) is 18.0 Å². The first-order valence-electron chi connectivity index (χ1n) is 5.84. The third-order valence-corrected chi connectivity index (χ3v) is 3.32. The van der Waals surface area contributed by atoms with Gasteiger partial charge >= 0.3 is 0 Å². The summed E-state index contributed by atoms with van der Waals surface area (Å²) in [7, 11) is 0. The number of hydrogen-bond acceptors (Lipinski definition) is 3. The minimum Gasteiger partial charge on any atom is -0.326 e. The molecule has 0 radical (unpaired) electrons. The maximum Gasteiger partial charge on any atom is 0.273 e. The minimum atomic E-state index is -0.478. The predicted molar refractivity (Wildman–Crippen MR) is 84.6 cm³/mol. The summed E-state index contributed by atoms with van der Waals surface area (Å²) in [5.74, 6) is -0.277. The number of benzene rings is 2. The number of para-hydroxylation sites is 1. The molecule has 1 N–H and O–H groups in total. The van der Waals surface area contributed by atoms with E-state index < -0.39 is 4.92 Å². The van der Waals surface area contributed by atoms with E-state index in [1.807, 2.05) is 18.2 Å². The molecule has 20 heavy (non-hydrogen) atoms. The van der Waals surface area contributed by atoms with Crippen molar-refractivity contribution in [2.45, 2.75) is 6.42 Å². The van der Waals surface area contributed by atoms with Crippen molar-refractivity contribution in [1.29, 1.82) is 0 Å². The van der Waals surface area contributed by atoms with Gasteiger partial charge in [0.25, 0.3) is 5.69 Å². The monoisotopic (exact) mass is 382 g/mol. The Morgan fingerprint density at radius 1 is 1.20 bits per heavy atom. The molecule has 5 nitrogen and oxygen atoms in total. The Morgan fingerprint density at radius 3 is 2.65 bits per heavy atom. The summed E-state index contributed by atoms with van der Waals surface area (Å²) in [6.07, 6.45) is -0.0252. The number of halogens is 1. The van der Waals surface area contributed by atoms with Gasteiger partial charge in [0.05, 0.1) is 11.3 Å². The van der Waals surface area contributed by atoms with Gasteiger partial charge in [-0.2, -0.15) is 0 Å². The molecule has 102 valence electrons. The Kier molecular flexibility index (Phi) is 4.67. The summed E-state index contributed by atoms with van der Waals surface area (Å²) in [6, 6.07) is 13.6. The number of rotatable bonds is 4. The number of carbonyl (C=O) groups excluding carboxylic acids is 1. The van der Waals surface area contributed by atoms with E-state index in [1.54, 1.807) is 24.3 Å². The van der Waals surface area contributed by atoms with Gasteiger partial charge in [0.15, 0.2) is 0 Å². The van der Waals surface area contributed by atoms with Crippen LogP contribution in [0.3, 0.4) is 0 Å². The summed E-state index contributed by atoms with van der Waals surface area (Å²) in [4.78, 5) is 22.3. The van der Waals surface area contributed by atoms with E-state index >= 15 is 0 Å². The minimum absolute atomic E-state index is 0.0252. The molecule has 0 aliphatic carbocycles. The molecule has 2 aromatic rings. The number of hydrogen-bond donors (Lipinski definition) is 1. The fourth-order valence-electron chi connectivity index (χ4n) is 1.78. The summed E-state index contributed by atoms with van der Waals surface area (Å²) >= 11 is 2.15. The van der Waals surface area contributed by atoms with Crippen molar-refractivity contribution in [3.8, 4) is 0 Å². The maximum atomic E-state index is 11.9. The maximum absolute atomic E-state index is 11.9. The smallest absolute Gasteiger partial charge is 0.273 e. The van der Waals surface area contributed by atoms with Crippen LogP contribution in [-0.2, 0) is 11.2 Å². The van der Waals surface area contributed by atoms with E-state index in [0.29, 0.717) is 11.3 Å². The first-order chi connectivity index (χ1) is 9.56. The fourth-order valence-corrected chi connectivity index (χ4v) is 2.33. The zero-order chi connectivity index (χ0) is 14.5. The van der Waals surface area contributed by atoms with Crippen LogP contribution in [0, 0.1) is 13.7 Å². The molecule has 0 spiro atoms. The van der Waals surface area contributed by atoms with Crippen LogP contribution in [0.4, 0.5) is 11.4 Å². The molecule has 6 heteroatoms. The highest BCUT2D eigenvalue weighted by atomic mass is 127. The molecule has 0 heterocycles. The van der Waals surface area contributed by atoms with Crippen LogP contribution < -0.4 is 5.32 Å². The molecule has 0 fully saturated rings. The highest BCUT2D eigenvalue weighted by Gasteiger charge is 2.15. The second-order valence-electron chi connectivity index (χ2n) is 4.12. The largest absolute Gasteiger partial charge is 0.326 e. The van der Waals surface area contributed by atoms with Crippen molar-refractivity contribution < 1.29 is 9.72 Å². The normalized spacial score (nSPS) is 10.1. The Morgan fingerprint density at radius 2 is 1.95 bits per heavy atom. The number of carbonyl (C=O) groups is 1. The van der Waals surface area contributed by atoms with Crippen molar-refractivity contribution in [3.63, 3.8) is 0 Å². The Balaban J connectivity index is 2.11. The van der Waals surface area contributed by atoms with E-state index in [4.69, 9.17) is 0 Å². The molecular formula is C14H11IN2O3. The highest BCUT2D eigenvalue weighted by molar-refractivity contribution is 14.1. The molecule has 0 atom stereocenters. The van der Waals surface area contributed by atoms with Crippen LogP contribution in [-0.4, -0.2) is 10.8 Å². The van der Waals surface area contributed by atoms with Crippen LogP contribution in [0.15, 0.2) is 48.5 Å². The summed E-state index contributed by atoms with van der Waals surface area (Å²) in [6.45, 7) is 0. The fraction of sp³-hybridized carbons (Fsp3) is 0.0714. The third-order valence-electron chi connectivity index (χ3n) is 2.65. The summed E-state index contributed by atoms with van der Waals surface area (Å²) < 4.78 is 1.01. The van der Waals surface area contributed by atoms with Crippen LogP contribution >= 0.6 is 22.6 Å². The van der Waals surface area contributed by atoms with Crippen LogP contribution in [0.2, 0.25) is 0 Å². The zero-order valence-corrected chi connectivity index (χ0v) is 12.5. The molecule has 0 saturated heterocycles. The van der Waals surface area contributed by atoms with Crippen molar-refractivity contribution in [2.24, 2.45) is 0 Å². The van der Waals surface area contributed by atoms with Crippen LogP contribution in [0.1, 0.15) is 5.56 Å². The number of amides is 1. The number of anilines is 1. The Hall–Kier alpha value is -1.96. The third kappa shape index (κ3) is 3.77. The molecule has 1 amide bonds. The molecule has 0 aliphatic heterocycles. The number of nitrogens with zero attached hydrogens (tertiary/aromatic N) is 1. The topological polar surface area (TPSA) is 72.2 Å². The van der Waals surface area contributed by atoms with Crippen molar-refractivity contribution in [1.82, 2.24) is 0 Å². The molecule has 0 aliphatic rings. The highest BCUT2D eigenvalue weighted by Crippen LogP contribution is 2.19. The molecule has 0 aromatic heterocycles. The lowest BCUT2D eigenvalue weighted by Gasteiger charge is -2.06.